The summed E-state index contributed by atoms with van der Waals surface area (Å²) in [7, 11) is 1.53. The lowest BCUT2D eigenvalue weighted by Gasteiger charge is -2.58. The lowest BCUT2D eigenvalue weighted by Crippen LogP contribution is -2.51. The lowest BCUT2D eigenvalue weighted by molar-refractivity contribution is -0.168. The summed E-state index contributed by atoms with van der Waals surface area (Å²) in [6.07, 6.45) is 15.6. The maximum absolute atomic E-state index is 13.0. The number of hydrogen-bond donors (Lipinski definition) is 1. The number of carbonyl (C=O) groups is 2. The van der Waals surface area contributed by atoms with Crippen molar-refractivity contribution in [1.82, 2.24) is 0 Å². The van der Waals surface area contributed by atoms with Gasteiger partial charge in [0, 0.05) is 20.1 Å². The molecule has 3 fully saturated rings. The highest BCUT2D eigenvalue weighted by atomic mass is 16.6. The van der Waals surface area contributed by atoms with Gasteiger partial charge in [0.1, 0.15) is 12.7 Å². The van der Waals surface area contributed by atoms with Crippen molar-refractivity contribution in [3.63, 3.8) is 0 Å². The molecule has 4 aliphatic carbocycles. The summed E-state index contributed by atoms with van der Waals surface area (Å²) in [6, 6.07) is 0. The minimum atomic E-state index is -1.09. The van der Waals surface area contributed by atoms with Gasteiger partial charge < -0.3 is 19.3 Å². The van der Waals surface area contributed by atoms with Gasteiger partial charge in [0.05, 0.1) is 6.61 Å². The Hall–Kier alpha value is -1.40. The molecule has 6 nitrogen and oxygen atoms in total. The van der Waals surface area contributed by atoms with Crippen molar-refractivity contribution in [3.05, 3.63) is 11.6 Å². The predicted octanol–water partition coefficient (Wildman–Crippen LogP) is 7.13. The smallest absolute Gasteiger partial charge is 0.320 e. The fraction of sp³-hybridized carbons (Fsp3) is 0.886. The first-order valence-electron chi connectivity index (χ1n) is 16.7. The zero-order valence-electron chi connectivity index (χ0n) is 26.8. The van der Waals surface area contributed by atoms with Crippen molar-refractivity contribution in [2.45, 2.75) is 118 Å². The number of aliphatic hydroxyl groups is 1. The van der Waals surface area contributed by atoms with Crippen LogP contribution < -0.4 is 0 Å². The molecule has 0 heterocycles. The average molecular weight is 575 g/mol. The van der Waals surface area contributed by atoms with Gasteiger partial charge in [0.25, 0.3) is 0 Å². The van der Waals surface area contributed by atoms with Gasteiger partial charge in [0.2, 0.25) is 0 Å². The van der Waals surface area contributed by atoms with E-state index >= 15 is 0 Å². The molecule has 5 unspecified atom stereocenters. The van der Waals surface area contributed by atoms with Gasteiger partial charge in [0.15, 0.2) is 5.92 Å². The van der Waals surface area contributed by atoms with E-state index in [1.807, 2.05) is 0 Å². The summed E-state index contributed by atoms with van der Waals surface area (Å²) < 4.78 is 16.0. The van der Waals surface area contributed by atoms with Crippen LogP contribution in [-0.2, 0) is 23.8 Å². The Bertz CT molecular complexity index is 928. The molecule has 234 valence electrons. The molecule has 9 atom stereocenters. The van der Waals surface area contributed by atoms with Gasteiger partial charge in [-0.15, -0.1) is 0 Å². The van der Waals surface area contributed by atoms with Crippen LogP contribution in [0.5, 0.6) is 0 Å². The average Bonchev–Trinajstić information content (AvgIpc) is 3.29. The number of fused-ring (bicyclic) bond motifs is 5. The second-order valence-corrected chi connectivity index (χ2v) is 14.8. The molecule has 0 spiro atoms. The van der Waals surface area contributed by atoms with E-state index in [0.29, 0.717) is 11.3 Å². The van der Waals surface area contributed by atoms with E-state index in [1.54, 1.807) is 0 Å². The zero-order chi connectivity index (χ0) is 29.8. The summed E-state index contributed by atoms with van der Waals surface area (Å²) in [5.74, 6) is 2.49. The van der Waals surface area contributed by atoms with Crippen LogP contribution in [0.15, 0.2) is 11.6 Å². The molecule has 0 saturated heterocycles. The van der Waals surface area contributed by atoms with Crippen LogP contribution in [0.3, 0.4) is 0 Å². The molecule has 1 N–H and O–H groups in total. The Morgan fingerprint density at radius 1 is 0.976 bits per heavy atom. The van der Waals surface area contributed by atoms with Crippen LogP contribution in [0.4, 0.5) is 0 Å². The van der Waals surface area contributed by atoms with Gasteiger partial charge in [-0.2, -0.15) is 0 Å². The number of rotatable bonds is 13. The molecule has 41 heavy (non-hydrogen) atoms. The second-order valence-electron chi connectivity index (χ2n) is 14.8. The van der Waals surface area contributed by atoms with E-state index in [2.05, 4.69) is 40.7 Å². The van der Waals surface area contributed by atoms with Crippen LogP contribution in [0, 0.1) is 52.3 Å². The first-order valence-corrected chi connectivity index (χ1v) is 16.7. The molecule has 4 rings (SSSR count). The van der Waals surface area contributed by atoms with Crippen molar-refractivity contribution in [3.8, 4) is 0 Å². The van der Waals surface area contributed by atoms with E-state index in [0.717, 1.165) is 55.3 Å². The minimum Gasteiger partial charge on any atom is -0.463 e. The van der Waals surface area contributed by atoms with Gasteiger partial charge in [-0.05, 0) is 97.7 Å². The fourth-order valence-corrected chi connectivity index (χ4v) is 9.79. The topological polar surface area (TPSA) is 82.1 Å². The molecule has 0 aromatic carbocycles. The predicted molar refractivity (Wildman–Crippen MR) is 161 cm³/mol. The summed E-state index contributed by atoms with van der Waals surface area (Å²) in [6.45, 7) is 12.4. The molecule has 4 aliphatic rings. The third-order valence-corrected chi connectivity index (χ3v) is 12.1. The van der Waals surface area contributed by atoms with E-state index in [9.17, 15) is 14.7 Å². The number of aliphatic hydroxyl groups excluding tert-OH is 1. The fourth-order valence-electron chi connectivity index (χ4n) is 9.79. The monoisotopic (exact) mass is 574 g/mol. The van der Waals surface area contributed by atoms with E-state index in [1.165, 1.54) is 57.6 Å². The molecule has 0 aromatic heterocycles. The van der Waals surface area contributed by atoms with Crippen molar-refractivity contribution >= 4 is 11.9 Å². The van der Waals surface area contributed by atoms with Gasteiger partial charge in [-0.3, -0.25) is 9.59 Å². The van der Waals surface area contributed by atoms with Crippen molar-refractivity contribution in [1.29, 1.82) is 0 Å². The molecule has 6 heteroatoms. The van der Waals surface area contributed by atoms with Crippen molar-refractivity contribution < 1.29 is 28.9 Å². The first kappa shape index (κ1) is 32.5. The number of esters is 2. The van der Waals surface area contributed by atoms with Crippen LogP contribution in [0.1, 0.15) is 112 Å². The maximum Gasteiger partial charge on any atom is 0.320 e. The molecule has 0 radical (unpaired) electrons. The number of allylic oxidation sites excluding steroid dienone is 1. The summed E-state index contributed by atoms with van der Waals surface area (Å²) >= 11 is 0. The van der Waals surface area contributed by atoms with Crippen LogP contribution in [0.25, 0.3) is 0 Å². The van der Waals surface area contributed by atoms with E-state index in [-0.39, 0.29) is 37.8 Å². The Morgan fingerprint density at radius 3 is 2.46 bits per heavy atom. The number of methoxy groups -OCH3 is 1. The van der Waals surface area contributed by atoms with Gasteiger partial charge in [-0.25, -0.2) is 0 Å². The molecular formula is C35H58O6. The Labute approximate surface area is 249 Å². The third kappa shape index (κ3) is 6.89. The normalized spacial score (nSPS) is 36.0. The Morgan fingerprint density at radius 2 is 1.76 bits per heavy atom. The highest BCUT2D eigenvalue weighted by molar-refractivity contribution is 5.95. The second kappa shape index (κ2) is 13.9. The number of hydrogen-bond acceptors (Lipinski definition) is 6. The molecular weight excluding hydrogens is 516 g/mol. The van der Waals surface area contributed by atoms with Crippen LogP contribution in [-0.4, -0.2) is 50.1 Å². The molecule has 0 aliphatic heterocycles. The lowest BCUT2D eigenvalue weighted by atomic mass is 9.47. The van der Waals surface area contributed by atoms with Gasteiger partial charge in [-0.1, -0.05) is 65.5 Å². The first-order chi connectivity index (χ1) is 19.5. The van der Waals surface area contributed by atoms with Crippen molar-refractivity contribution in [2.24, 2.45) is 52.3 Å². The van der Waals surface area contributed by atoms with E-state index < -0.39 is 17.9 Å². The third-order valence-electron chi connectivity index (χ3n) is 12.1. The summed E-state index contributed by atoms with van der Waals surface area (Å²) in [5.41, 5.74) is 2.12. The molecule has 0 bridgehead atoms. The number of carbonyl (C=O) groups excluding carboxylic acids is 2. The molecule has 0 aromatic rings. The molecule has 0 amide bonds. The summed E-state index contributed by atoms with van der Waals surface area (Å²) in [4.78, 5) is 25.5. The quantitative estimate of drug-likeness (QED) is 0.109. The minimum absolute atomic E-state index is 0.0129. The zero-order valence-corrected chi connectivity index (χ0v) is 26.8. The molecule has 3 saturated carbocycles. The largest absolute Gasteiger partial charge is 0.463 e. The highest BCUT2D eigenvalue weighted by Crippen LogP contribution is 2.67. The van der Waals surface area contributed by atoms with Crippen LogP contribution in [0.2, 0.25) is 0 Å². The Kier molecular flexibility index (Phi) is 11.0. The van der Waals surface area contributed by atoms with E-state index in [4.69, 9.17) is 14.2 Å². The van der Waals surface area contributed by atoms with Crippen molar-refractivity contribution in [2.75, 3.05) is 26.9 Å². The summed E-state index contributed by atoms with van der Waals surface area (Å²) in [5, 5.41) is 9.45. The van der Waals surface area contributed by atoms with Crippen LogP contribution >= 0.6 is 0 Å². The maximum atomic E-state index is 13.0. The Balaban J connectivity index is 1.39. The standard InChI is InChI=1S/C35H58O6/c1-23(2)8-7-9-24(3)29-12-13-30-27-11-10-25-22-26(14-17-34(25,4)31(27)15-18-35(29,30)5)41-33(38)28(16-19-36)32(37)40-21-20-39-6/h10,23-24,26-31,36H,7-9,11-22H2,1-6H3/t24-,26?,27?,28?,29-,30?,31?,34+,35-/m1/s1. The highest BCUT2D eigenvalue weighted by Gasteiger charge is 2.59. The van der Waals surface area contributed by atoms with Gasteiger partial charge >= 0.3 is 11.9 Å². The SMILES string of the molecule is COCCOC(=O)C(CCO)C(=O)OC1CC[C@@]2(C)C(=CCC3C2CC[C@@]2(C)C3CC[C@@H]2[C@H](C)CCCC(C)C)C1. The number of ether oxygens (including phenoxy) is 3.